The number of hydrogen-bond donors (Lipinski definition) is 0. The number of fused-ring (bicyclic) bond motifs is 3. The Hall–Kier alpha value is -4.96. The number of hydrogen-bond acceptors (Lipinski definition) is 30. The van der Waals surface area contributed by atoms with Gasteiger partial charge in [0.15, 0.2) is 0 Å². The van der Waals surface area contributed by atoms with Gasteiger partial charge in [-0.15, -0.1) is 0 Å². The standard InChI is InChI=1S/C85H138O30.C2H6/c1-73-7-9-81-82-10-8-74(2)64-84(82)85(83(81)63-73,71-75-65-77(112-59-55-92-17-13-88-5)69-78(66-75)113-60-56-93-18-14-89-6)72-76-67-79(114-61-57-110-53-51-108-49-47-106-45-43-104-41-39-102-37-35-100-33-31-98-29-27-96-25-23-94-21-19-90-15-11-86-3)70-80(68-76)115-62-58-111-54-52-109-50-48-107-46-44-105-42-40-103-38-36-101-34-32-99-30-28-97-26-24-95-22-20-91-16-12-87-4;1-2/h7-10,63-70H,11-62,71-72H2,1-6H3;1-2H3. The molecule has 0 spiro atoms. The van der Waals surface area contributed by atoms with Crippen molar-refractivity contribution in [2.75, 3.05) is 372 Å². The van der Waals surface area contributed by atoms with Crippen molar-refractivity contribution in [3.8, 4) is 34.1 Å². The summed E-state index contributed by atoms with van der Waals surface area (Å²) in [6, 6.07) is 25.9. The van der Waals surface area contributed by atoms with Crippen LogP contribution in [0, 0.1) is 13.8 Å². The molecule has 0 heterocycles. The maximum atomic E-state index is 6.53. The summed E-state index contributed by atoms with van der Waals surface area (Å²) in [6.07, 6.45) is 1.19. The van der Waals surface area contributed by atoms with E-state index in [0.717, 1.165) is 22.3 Å². The lowest BCUT2D eigenvalue weighted by Crippen LogP contribution is -2.31. The van der Waals surface area contributed by atoms with Gasteiger partial charge in [0.25, 0.3) is 0 Å². The van der Waals surface area contributed by atoms with Crippen molar-refractivity contribution in [1.29, 1.82) is 0 Å². The van der Waals surface area contributed by atoms with Crippen molar-refractivity contribution >= 4 is 0 Å². The molecule has 5 rings (SSSR count). The van der Waals surface area contributed by atoms with E-state index in [1.54, 1.807) is 28.4 Å². The lowest BCUT2D eigenvalue weighted by molar-refractivity contribution is -0.0273. The molecule has 1 aliphatic rings. The van der Waals surface area contributed by atoms with Gasteiger partial charge in [0.1, 0.15) is 49.4 Å². The molecule has 4 aromatic rings. The molecule has 30 heteroatoms. The van der Waals surface area contributed by atoms with E-state index in [0.29, 0.717) is 379 Å². The second-order valence-electron chi connectivity index (χ2n) is 26.0. The molecule has 672 valence electrons. The minimum absolute atomic E-state index is 0.293. The van der Waals surface area contributed by atoms with E-state index in [9.17, 15) is 0 Å². The van der Waals surface area contributed by atoms with Gasteiger partial charge >= 0.3 is 0 Å². The fraction of sp³-hybridized carbons (Fsp3) is 0.724. The molecule has 1 aliphatic carbocycles. The van der Waals surface area contributed by atoms with Crippen molar-refractivity contribution < 1.29 is 142 Å². The van der Waals surface area contributed by atoms with Gasteiger partial charge in [-0.25, -0.2) is 0 Å². The van der Waals surface area contributed by atoms with Crippen molar-refractivity contribution in [3.05, 3.63) is 106 Å². The Morgan fingerprint density at radius 3 is 0.504 bits per heavy atom. The predicted molar refractivity (Wildman–Crippen MR) is 441 cm³/mol. The first kappa shape index (κ1) is 104. The second kappa shape index (κ2) is 76.0. The highest BCUT2D eigenvalue weighted by Crippen LogP contribution is 2.53. The van der Waals surface area contributed by atoms with Gasteiger partial charge in [0.2, 0.25) is 0 Å². The van der Waals surface area contributed by atoms with E-state index in [-0.39, 0.29) is 0 Å². The third-order valence-electron chi connectivity index (χ3n) is 17.0. The predicted octanol–water partition coefficient (Wildman–Crippen LogP) is 8.55. The Morgan fingerprint density at radius 1 is 0.188 bits per heavy atom. The highest BCUT2D eigenvalue weighted by molar-refractivity contribution is 5.82. The zero-order valence-electron chi connectivity index (χ0n) is 71.9. The molecule has 0 fully saturated rings. The fourth-order valence-corrected chi connectivity index (χ4v) is 11.5. The first-order valence-corrected chi connectivity index (χ1v) is 41.6. The minimum Gasteiger partial charge on any atom is -0.491 e. The molecule has 0 radical (unpaired) electrons. The van der Waals surface area contributed by atoms with Crippen LogP contribution in [0.3, 0.4) is 0 Å². The lowest BCUT2D eigenvalue weighted by Gasteiger charge is -2.34. The quantitative estimate of drug-likeness (QED) is 0.0374. The van der Waals surface area contributed by atoms with Crippen molar-refractivity contribution in [3.63, 3.8) is 0 Å². The molecule has 0 saturated heterocycles. The highest BCUT2D eigenvalue weighted by atomic mass is 16.6. The molecule has 0 atom stereocenters. The third kappa shape index (κ3) is 53.5. The molecule has 30 nitrogen and oxygen atoms in total. The summed E-state index contributed by atoms with van der Waals surface area (Å²) in [5.41, 5.74) is 8.64. The van der Waals surface area contributed by atoms with E-state index >= 15 is 0 Å². The van der Waals surface area contributed by atoms with Crippen molar-refractivity contribution in [2.24, 2.45) is 0 Å². The summed E-state index contributed by atoms with van der Waals surface area (Å²) in [4.78, 5) is 0. The molecule has 0 aliphatic heterocycles. The zero-order chi connectivity index (χ0) is 83.3. The molecule has 0 bridgehead atoms. The molecule has 0 aromatic heterocycles. The summed E-state index contributed by atoms with van der Waals surface area (Å²) in [7, 11) is 6.60. The summed E-state index contributed by atoms with van der Waals surface area (Å²) < 4.78 is 170. The van der Waals surface area contributed by atoms with Gasteiger partial charge in [0, 0.05) is 46.0 Å². The van der Waals surface area contributed by atoms with Gasteiger partial charge < -0.3 is 142 Å². The largest absolute Gasteiger partial charge is 0.491 e. The van der Waals surface area contributed by atoms with Crippen LogP contribution in [0.5, 0.6) is 23.0 Å². The van der Waals surface area contributed by atoms with Crippen LogP contribution >= 0.6 is 0 Å². The Balaban J connectivity index is 0.0000143. The Morgan fingerprint density at radius 2 is 0.342 bits per heavy atom. The molecular weight excluding hydrogens is 1520 g/mol. The molecule has 0 unspecified atom stereocenters. The van der Waals surface area contributed by atoms with Crippen LogP contribution in [-0.4, -0.2) is 372 Å². The van der Waals surface area contributed by atoms with Crippen LogP contribution in [0.15, 0.2) is 72.8 Å². The average Bonchev–Trinajstić information content (AvgIpc) is 1.56. The Kier molecular flexibility index (Phi) is 67.8. The fourth-order valence-electron chi connectivity index (χ4n) is 11.5. The molecule has 0 saturated carbocycles. The first-order chi connectivity index (χ1) is 57.9. The van der Waals surface area contributed by atoms with E-state index in [2.05, 4.69) is 74.5 Å². The normalized spacial score (nSPS) is 12.2. The Labute approximate surface area is 697 Å². The lowest BCUT2D eigenvalue weighted by atomic mass is 9.69. The third-order valence-corrected chi connectivity index (χ3v) is 17.0. The van der Waals surface area contributed by atoms with Crippen LogP contribution in [-0.2, 0) is 141 Å². The van der Waals surface area contributed by atoms with E-state index in [4.69, 9.17) is 142 Å². The maximum absolute atomic E-state index is 6.53. The maximum Gasteiger partial charge on any atom is 0.123 e. The summed E-state index contributed by atoms with van der Waals surface area (Å²) in [6.45, 7) is 32.1. The monoisotopic (exact) mass is 1670 g/mol. The van der Waals surface area contributed by atoms with Crippen molar-refractivity contribution in [2.45, 2.75) is 46.0 Å². The number of aryl methyl sites for hydroxylation is 2. The second-order valence-corrected chi connectivity index (χ2v) is 26.0. The van der Waals surface area contributed by atoms with Gasteiger partial charge in [0.05, 0.1) is 317 Å². The van der Waals surface area contributed by atoms with Crippen LogP contribution < -0.4 is 18.9 Å². The Bertz CT molecular complexity index is 2710. The number of benzene rings is 4. The van der Waals surface area contributed by atoms with E-state index < -0.39 is 5.41 Å². The average molecular weight is 1670 g/mol. The number of ether oxygens (including phenoxy) is 30. The molecule has 0 amide bonds. The van der Waals surface area contributed by atoms with E-state index in [1.807, 2.05) is 26.0 Å². The molecule has 117 heavy (non-hydrogen) atoms. The van der Waals surface area contributed by atoms with Gasteiger partial charge in [-0.3, -0.25) is 0 Å². The topological polar surface area (TPSA) is 277 Å². The van der Waals surface area contributed by atoms with Gasteiger partial charge in [-0.05, 0) is 84.3 Å². The minimum atomic E-state index is -0.577. The highest BCUT2D eigenvalue weighted by Gasteiger charge is 2.44. The van der Waals surface area contributed by atoms with Crippen LogP contribution in [0.4, 0.5) is 0 Å². The first-order valence-electron chi connectivity index (χ1n) is 41.6. The van der Waals surface area contributed by atoms with Gasteiger partial charge in [-0.1, -0.05) is 61.4 Å². The SMILES string of the molecule is CC.COCCOCCOCCOCCOCCOCCOCCOCCOCCOCCOCCOc1cc(CC2(Cc3cc(OCCOCCOC)cc(OCCOCCOC)c3)c3cc(C)ccc3-c3ccc(C)cc32)cc(OCCOCCOCCOCCOCCOCCOCCOCCOCCOCCOCCOC)c1. The van der Waals surface area contributed by atoms with Crippen LogP contribution in [0.25, 0.3) is 11.1 Å². The number of rotatable bonds is 86. The van der Waals surface area contributed by atoms with Gasteiger partial charge in [-0.2, -0.15) is 0 Å². The summed E-state index contributed by atoms with van der Waals surface area (Å²) >= 11 is 0. The smallest absolute Gasteiger partial charge is 0.123 e. The van der Waals surface area contributed by atoms with Crippen LogP contribution in [0.1, 0.15) is 47.2 Å². The van der Waals surface area contributed by atoms with Crippen LogP contribution in [0.2, 0.25) is 0 Å². The summed E-state index contributed by atoms with van der Waals surface area (Å²) in [5, 5.41) is 0. The number of methoxy groups -OCH3 is 4. The summed E-state index contributed by atoms with van der Waals surface area (Å²) in [5.74, 6) is 2.64. The van der Waals surface area contributed by atoms with Crippen molar-refractivity contribution in [1.82, 2.24) is 0 Å². The molecule has 0 N–H and O–H groups in total. The molecular formula is C87H144O30. The zero-order valence-corrected chi connectivity index (χ0v) is 71.9. The van der Waals surface area contributed by atoms with E-state index in [1.165, 1.54) is 22.3 Å². The molecule has 4 aromatic carbocycles.